The minimum atomic E-state index is 0.401. The van der Waals surface area contributed by atoms with E-state index in [1.165, 1.54) is 0 Å². The Morgan fingerprint density at radius 3 is 2.50 bits per heavy atom. The van der Waals surface area contributed by atoms with E-state index in [0.717, 1.165) is 42.8 Å². The molecule has 1 aromatic rings. The maximum absolute atomic E-state index is 5.34. The molecule has 1 fully saturated rings. The summed E-state index contributed by atoms with van der Waals surface area (Å²) in [7, 11) is 1.78. The normalized spacial score (nSPS) is 17.8. The van der Waals surface area contributed by atoms with Crippen LogP contribution in [0.15, 0.2) is 12.4 Å². The van der Waals surface area contributed by atoms with Gasteiger partial charge in [0.25, 0.3) is 0 Å². The third-order valence-corrected chi connectivity index (χ3v) is 3.55. The molecule has 16 heavy (non-hydrogen) atoms. The molecule has 1 aromatic heterocycles. The number of halogens is 1. The van der Waals surface area contributed by atoms with Crippen molar-refractivity contribution in [2.24, 2.45) is 0 Å². The number of alkyl halides is 1. The predicted octanol–water partition coefficient (Wildman–Crippen LogP) is 1.99. The van der Waals surface area contributed by atoms with Crippen molar-refractivity contribution in [1.29, 1.82) is 0 Å². The summed E-state index contributed by atoms with van der Waals surface area (Å²) in [6.07, 6.45) is 6.26. The molecule has 2 heterocycles. The standard InChI is InChI=1S/C11H16BrN3O/c1-16-10-2-4-15(5-3-10)11-13-7-9(6-12)8-14-11/h7-8,10H,2-6H2,1H3. The van der Waals surface area contributed by atoms with Gasteiger partial charge in [-0.05, 0) is 18.4 Å². The van der Waals surface area contributed by atoms with Crippen molar-refractivity contribution in [2.75, 3.05) is 25.1 Å². The monoisotopic (exact) mass is 285 g/mol. The molecule has 1 aliphatic heterocycles. The first-order valence-corrected chi connectivity index (χ1v) is 6.60. The first-order valence-electron chi connectivity index (χ1n) is 5.48. The van der Waals surface area contributed by atoms with Crippen LogP contribution in [0, 0.1) is 0 Å². The average Bonchev–Trinajstić information content (AvgIpc) is 2.39. The lowest BCUT2D eigenvalue weighted by molar-refractivity contribution is 0.0816. The number of ether oxygens (including phenoxy) is 1. The highest BCUT2D eigenvalue weighted by Gasteiger charge is 2.20. The number of rotatable bonds is 3. The zero-order valence-electron chi connectivity index (χ0n) is 9.40. The van der Waals surface area contributed by atoms with Crippen LogP contribution in [0.3, 0.4) is 0 Å². The Morgan fingerprint density at radius 2 is 2.00 bits per heavy atom. The first kappa shape index (κ1) is 11.8. The van der Waals surface area contributed by atoms with Crippen LogP contribution in [-0.2, 0) is 10.1 Å². The Morgan fingerprint density at radius 1 is 1.38 bits per heavy atom. The quantitative estimate of drug-likeness (QED) is 0.796. The Bertz CT molecular complexity index is 323. The van der Waals surface area contributed by atoms with Crippen LogP contribution in [0.5, 0.6) is 0 Å². The SMILES string of the molecule is COC1CCN(c2ncc(CBr)cn2)CC1. The van der Waals surface area contributed by atoms with E-state index in [1.807, 2.05) is 12.4 Å². The van der Waals surface area contributed by atoms with Gasteiger partial charge in [-0.1, -0.05) is 15.9 Å². The number of hydrogen-bond donors (Lipinski definition) is 0. The Hall–Kier alpha value is -0.680. The van der Waals surface area contributed by atoms with Gasteiger partial charge in [0.1, 0.15) is 0 Å². The maximum atomic E-state index is 5.34. The van der Waals surface area contributed by atoms with Crippen LogP contribution in [0.4, 0.5) is 5.95 Å². The summed E-state index contributed by atoms with van der Waals surface area (Å²) in [5, 5.41) is 0.805. The van der Waals surface area contributed by atoms with Gasteiger partial charge in [-0.25, -0.2) is 9.97 Å². The Kier molecular flexibility index (Phi) is 4.12. The average molecular weight is 286 g/mol. The van der Waals surface area contributed by atoms with Crippen LogP contribution < -0.4 is 4.90 Å². The predicted molar refractivity (Wildman–Crippen MR) is 66.9 cm³/mol. The molecule has 0 amide bonds. The van der Waals surface area contributed by atoms with E-state index < -0.39 is 0 Å². The fourth-order valence-electron chi connectivity index (χ4n) is 1.87. The van der Waals surface area contributed by atoms with Crippen LogP contribution in [0.2, 0.25) is 0 Å². The summed E-state index contributed by atoms with van der Waals surface area (Å²) in [6.45, 7) is 1.96. The van der Waals surface area contributed by atoms with Gasteiger partial charge in [0, 0.05) is 37.9 Å². The molecule has 0 saturated carbocycles. The van der Waals surface area contributed by atoms with Gasteiger partial charge in [-0.2, -0.15) is 0 Å². The molecule has 5 heteroatoms. The summed E-state index contributed by atoms with van der Waals surface area (Å²) < 4.78 is 5.34. The zero-order chi connectivity index (χ0) is 11.4. The highest BCUT2D eigenvalue weighted by molar-refractivity contribution is 9.08. The van der Waals surface area contributed by atoms with E-state index in [1.54, 1.807) is 7.11 Å². The third kappa shape index (κ3) is 2.71. The zero-order valence-corrected chi connectivity index (χ0v) is 11.0. The smallest absolute Gasteiger partial charge is 0.225 e. The van der Waals surface area contributed by atoms with E-state index in [-0.39, 0.29) is 0 Å². The molecule has 0 atom stereocenters. The van der Waals surface area contributed by atoms with Crippen LogP contribution in [-0.4, -0.2) is 36.3 Å². The van der Waals surface area contributed by atoms with Crippen molar-refractivity contribution in [1.82, 2.24) is 9.97 Å². The molecule has 0 aliphatic carbocycles. The van der Waals surface area contributed by atoms with Gasteiger partial charge in [0.05, 0.1) is 6.10 Å². The van der Waals surface area contributed by atoms with E-state index >= 15 is 0 Å². The molecule has 1 aliphatic rings. The Balaban J connectivity index is 1.97. The lowest BCUT2D eigenvalue weighted by Gasteiger charge is -2.31. The third-order valence-electron chi connectivity index (χ3n) is 2.90. The molecule has 0 aromatic carbocycles. The highest BCUT2D eigenvalue weighted by Crippen LogP contribution is 2.17. The van der Waals surface area contributed by atoms with Crippen molar-refractivity contribution >= 4 is 21.9 Å². The molecule has 1 saturated heterocycles. The van der Waals surface area contributed by atoms with Crippen molar-refractivity contribution in [2.45, 2.75) is 24.3 Å². The van der Waals surface area contributed by atoms with E-state index in [9.17, 15) is 0 Å². The molecule has 0 radical (unpaired) electrons. The number of methoxy groups -OCH3 is 1. The number of nitrogens with zero attached hydrogens (tertiary/aromatic N) is 3. The van der Waals surface area contributed by atoms with Gasteiger partial charge in [-0.3, -0.25) is 0 Å². The molecular formula is C11H16BrN3O. The topological polar surface area (TPSA) is 38.2 Å². The number of aromatic nitrogens is 2. The molecule has 0 N–H and O–H groups in total. The summed E-state index contributed by atoms with van der Waals surface area (Å²) in [6, 6.07) is 0. The van der Waals surface area contributed by atoms with Crippen LogP contribution >= 0.6 is 15.9 Å². The molecule has 2 rings (SSSR count). The van der Waals surface area contributed by atoms with Crippen molar-refractivity contribution in [3.63, 3.8) is 0 Å². The van der Waals surface area contributed by atoms with Gasteiger partial charge < -0.3 is 9.64 Å². The molecule has 0 unspecified atom stereocenters. The fourth-order valence-corrected chi connectivity index (χ4v) is 2.16. The van der Waals surface area contributed by atoms with E-state index in [2.05, 4.69) is 30.8 Å². The van der Waals surface area contributed by atoms with E-state index in [4.69, 9.17) is 4.74 Å². The minimum absolute atomic E-state index is 0.401. The van der Waals surface area contributed by atoms with Crippen LogP contribution in [0.25, 0.3) is 0 Å². The first-order chi connectivity index (χ1) is 7.83. The molecule has 4 nitrogen and oxygen atoms in total. The lowest BCUT2D eigenvalue weighted by Crippen LogP contribution is -2.37. The number of hydrogen-bond acceptors (Lipinski definition) is 4. The number of piperidine rings is 1. The second-order valence-electron chi connectivity index (χ2n) is 3.95. The fraction of sp³-hybridized carbons (Fsp3) is 0.636. The lowest BCUT2D eigenvalue weighted by atomic mass is 10.1. The summed E-state index contributed by atoms with van der Waals surface area (Å²) in [5.74, 6) is 0.833. The molecule has 0 spiro atoms. The highest BCUT2D eigenvalue weighted by atomic mass is 79.9. The summed E-state index contributed by atoms with van der Waals surface area (Å²) >= 11 is 3.39. The second-order valence-corrected chi connectivity index (χ2v) is 4.51. The van der Waals surface area contributed by atoms with Crippen molar-refractivity contribution < 1.29 is 4.74 Å². The molecule has 0 bridgehead atoms. The van der Waals surface area contributed by atoms with Gasteiger partial charge in [0.15, 0.2) is 0 Å². The van der Waals surface area contributed by atoms with Gasteiger partial charge in [0.2, 0.25) is 5.95 Å². The van der Waals surface area contributed by atoms with Gasteiger partial charge >= 0.3 is 0 Å². The number of anilines is 1. The summed E-state index contributed by atoms with van der Waals surface area (Å²) in [4.78, 5) is 11.0. The summed E-state index contributed by atoms with van der Waals surface area (Å²) in [5.41, 5.74) is 1.11. The Labute approximate surface area is 104 Å². The van der Waals surface area contributed by atoms with Gasteiger partial charge in [-0.15, -0.1) is 0 Å². The van der Waals surface area contributed by atoms with Crippen molar-refractivity contribution in [3.05, 3.63) is 18.0 Å². The molecular weight excluding hydrogens is 270 g/mol. The second kappa shape index (κ2) is 5.59. The van der Waals surface area contributed by atoms with E-state index in [0.29, 0.717) is 6.10 Å². The van der Waals surface area contributed by atoms with Crippen LogP contribution in [0.1, 0.15) is 18.4 Å². The molecule has 88 valence electrons. The minimum Gasteiger partial charge on any atom is -0.381 e. The van der Waals surface area contributed by atoms with Crippen molar-refractivity contribution in [3.8, 4) is 0 Å². The maximum Gasteiger partial charge on any atom is 0.225 e. The largest absolute Gasteiger partial charge is 0.381 e.